The molecule has 1 aliphatic carbocycles. The second kappa shape index (κ2) is 10.4. The van der Waals surface area contributed by atoms with Gasteiger partial charge in [0.05, 0.1) is 22.9 Å². The number of para-hydroxylation sites is 1. The summed E-state index contributed by atoms with van der Waals surface area (Å²) in [6.07, 6.45) is 7.28. The maximum atomic E-state index is 13.0. The van der Waals surface area contributed by atoms with Crippen molar-refractivity contribution < 1.29 is 13.2 Å². The van der Waals surface area contributed by atoms with Crippen molar-refractivity contribution in [1.29, 1.82) is 0 Å². The van der Waals surface area contributed by atoms with Gasteiger partial charge < -0.3 is 4.90 Å². The Balaban J connectivity index is 1.49. The van der Waals surface area contributed by atoms with E-state index >= 15 is 0 Å². The lowest BCUT2D eigenvalue weighted by molar-refractivity contribution is -0.130. The Hall–Kier alpha value is -1.87. The molecule has 2 heterocycles. The van der Waals surface area contributed by atoms with Gasteiger partial charge in [-0.05, 0) is 37.8 Å². The fraction of sp³-hybridized carbons (Fsp3) is 0.609. The molecule has 7 nitrogen and oxygen atoms in total. The number of carbonyl (C=O) groups excluding carboxylic acids is 1. The van der Waals surface area contributed by atoms with Crippen LogP contribution in [0.25, 0.3) is 5.69 Å². The van der Waals surface area contributed by atoms with E-state index in [0.717, 1.165) is 30.8 Å². The number of nitrogens with zero attached hydrogens (tertiary/aromatic N) is 4. The molecule has 0 spiro atoms. The summed E-state index contributed by atoms with van der Waals surface area (Å²) < 4.78 is 25.8. The third kappa shape index (κ3) is 5.54. The first-order valence-electron chi connectivity index (χ1n) is 11.6. The van der Waals surface area contributed by atoms with Crippen molar-refractivity contribution in [1.82, 2.24) is 19.7 Å². The number of thioether (sulfide) groups is 1. The van der Waals surface area contributed by atoms with Gasteiger partial charge in [-0.3, -0.25) is 4.79 Å². The van der Waals surface area contributed by atoms with E-state index in [2.05, 4.69) is 0 Å². The minimum Gasteiger partial charge on any atom is -0.338 e. The monoisotopic (exact) mass is 476 g/mol. The SMILES string of the molecule is CCCN(C(=O)CSc1nc(C2CCCCC2)n(-c2ccccc2)n1)C1CCS(=O)(=O)C1. The lowest BCUT2D eigenvalue weighted by Crippen LogP contribution is -2.42. The second-order valence-corrected chi connectivity index (χ2v) is 11.9. The highest BCUT2D eigenvalue weighted by molar-refractivity contribution is 7.99. The normalized spacial score (nSPS) is 21.0. The molecular weight excluding hydrogens is 444 g/mol. The van der Waals surface area contributed by atoms with E-state index in [1.165, 1.54) is 31.0 Å². The van der Waals surface area contributed by atoms with Crippen LogP contribution in [0, 0.1) is 0 Å². The lowest BCUT2D eigenvalue weighted by Gasteiger charge is -2.27. The van der Waals surface area contributed by atoms with E-state index in [1.54, 1.807) is 4.90 Å². The number of benzene rings is 1. The van der Waals surface area contributed by atoms with Crippen LogP contribution in [0.1, 0.15) is 63.6 Å². The molecule has 0 bridgehead atoms. The van der Waals surface area contributed by atoms with Crippen LogP contribution in [0.5, 0.6) is 0 Å². The molecule has 1 atom stereocenters. The number of hydrogen-bond acceptors (Lipinski definition) is 6. The first-order valence-corrected chi connectivity index (χ1v) is 14.4. The van der Waals surface area contributed by atoms with Crippen LogP contribution in [0.4, 0.5) is 0 Å². The largest absolute Gasteiger partial charge is 0.338 e. The first-order chi connectivity index (χ1) is 15.5. The van der Waals surface area contributed by atoms with Crippen molar-refractivity contribution in [2.45, 2.75) is 69.0 Å². The van der Waals surface area contributed by atoms with Gasteiger partial charge in [-0.15, -0.1) is 5.10 Å². The van der Waals surface area contributed by atoms with Gasteiger partial charge in [-0.25, -0.2) is 18.1 Å². The minimum atomic E-state index is -3.03. The van der Waals surface area contributed by atoms with Gasteiger partial charge in [0, 0.05) is 18.5 Å². The Labute approximate surface area is 194 Å². The summed E-state index contributed by atoms with van der Waals surface area (Å²) >= 11 is 1.35. The smallest absolute Gasteiger partial charge is 0.233 e. The lowest BCUT2D eigenvalue weighted by atomic mass is 9.88. The van der Waals surface area contributed by atoms with Crippen molar-refractivity contribution in [3.63, 3.8) is 0 Å². The zero-order valence-corrected chi connectivity index (χ0v) is 20.3. The maximum Gasteiger partial charge on any atom is 0.233 e. The van der Waals surface area contributed by atoms with E-state index in [1.807, 2.05) is 41.9 Å². The maximum absolute atomic E-state index is 13.0. The highest BCUT2D eigenvalue weighted by Crippen LogP contribution is 2.34. The molecule has 1 unspecified atom stereocenters. The fourth-order valence-corrected chi connectivity index (χ4v) is 7.18. The van der Waals surface area contributed by atoms with Gasteiger partial charge >= 0.3 is 0 Å². The van der Waals surface area contributed by atoms with Crippen molar-refractivity contribution in [2.24, 2.45) is 0 Å². The third-order valence-corrected chi connectivity index (χ3v) is 8.92. The average Bonchev–Trinajstić information content (AvgIpc) is 3.40. The third-order valence-electron chi connectivity index (χ3n) is 6.34. The summed E-state index contributed by atoms with van der Waals surface area (Å²) in [6.45, 7) is 2.59. The Morgan fingerprint density at radius 2 is 1.91 bits per heavy atom. The molecular formula is C23H32N4O3S2. The summed E-state index contributed by atoms with van der Waals surface area (Å²) in [5.74, 6) is 1.82. The van der Waals surface area contributed by atoms with E-state index in [-0.39, 0.29) is 29.2 Å². The van der Waals surface area contributed by atoms with Crippen LogP contribution in [-0.2, 0) is 14.6 Å². The number of carbonyl (C=O) groups is 1. The summed E-state index contributed by atoms with van der Waals surface area (Å²) in [6, 6.07) is 9.84. The molecule has 1 aliphatic heterocycles. The quantitative estimate of drug-likeness (QED) is 0.538. The van der Waals surface area contributed by atoms with Crippen LogP contribution < -0.4 is 0 Å². The number of aromatic nitrogens is 3. The predicted molar refractivity (Wildman–Crippen MR) is 127 cm³/mol. The van der Waals surface area contributed by atoms with Gasteiger partial charge in [0.25, 0.3) is 0 Å². The Morgan fingerprint density at radius 3 is 2.56 bits per heavy atom. The number of amides is 1. The van der Waals surface area contributed by atoms with E-state index in [4.69, 9.17) is 10.1 Å². The van der Waals surface area contributed by atoms with Crippen molar-refractivity contribution in [3.05, 3.63) is 36.2 Å². The predicted octanol–water partition coefficient (Wildman–Crippen LogP) is 3.83. The first kappa shape index (κ1) is 23.3. The van der Waals surface area contributed by atoms with Gasteiger partial charge in [0.2, 0.25) is 11.1 Å². The molecule has 4 rings (SSSR count). The number of hydrogen-bond donors (Lipinski definition) is 0. The van der Waals surface area contributed by atoms with Gasteiger partial charge in [0.15, 0.2) is 9.84 Å². The topological polar surface area (TPSA) is 85.2 Å². The van der Waals surface area contributed by atoms with Crippen LogP contribution in [0.2, 0.25) is 0 Å². The highest BCUT2D eigenvalue weighted by atomic mass is 32.2. The van der Waals surface area contributed by atoms with E-state index < -0.39 is 9.84 Å². The highest BCUT2D eigenvalue weighted by Gasteiger charge is 2.34. The van der Waals surface area contributed by atoms with E-state index in [0.29, 0.717) is 24.0 Å². The zero-order valence-electron chi connectivity index (χ0n) is 18.6. The Kier molecular flexibility index (Phi) is 7.55. The fourth-order valence-electron chi connectivity index (χ4n) is 4.73. The van der Waals surface area contributed by atoms with Crippen molar-refractivity contribution in [3.8, 4) is 5.69 Å². The number of sulfone groups is 1. The molecule has 32 heavy (non-hydrogen) atoms. The molecule has 0 N–H and O–H groups in total. The summed E-state index contributed by atoms with van der Waals surface area (Å²) in [7, 11) is -3.03. The van der Waals surface area contributed by atoms with Crippen LogP contribution >= 0.6 is 11.8 Å². The molecule has 1 saturated heterocycles. The molecule has 9 heteroatoms. The molecule has 1 aromatic carbocycles. The molecule has 0 radical (unpaired) electrons. The summed E-state index contributed by atoms with van der Waals surface area (Å²) in [4.78, 5) is 19.6. The van der Waals surface area contributed by atoms with Crippen molar-refractivity contribution in [2.75, 3.05) is 23.8 Å². The second-order valence-electron chi connectivity index (χ2n) is 8.77. The molecule has 1 saturated carbocycles. The van der Waals surface area contributed by atoms with Crippen molar-refractivity contribution >= 4 is 27.5 Å². The molecule has 2 aromatic rings. The number of rotatable bonds is 8. The minimum absolute atomic E-state index is 0.0331. The molecule has 2 fully saturated rings. The van der Waals surface area contributed by atoms with Crippen LogP contribution in [-0.4, -0.2) is 63.8 Å². The average molecular weight is 477 g/mol. The van der Waals surface area contributed by atoms with Gasteiger partial charge in [-0.1, -0.05) is 56.1 Å². The summed E-state index contributed by atoms with van der Waals surface area (Å²) in [5.41, 5.74) is 0.988. The van der Waals surface area contributed by atoms with Crippen LogP contribution in [0.3, 0.4) is 0 Å². The standard InChI is InChI=1S/C23H32N4O3S2/c1-2-14-26(20-13-15-32(29,30)17-20)21(28)16-31-23-24-22(18-9-5-3-6-10-18)27(25-23)19-11-7-4-8-12-19/h4,7-8,11-12,18,20H,2-3,5-6,9-10,13-17H2,1H3. The molecule has 1 amide bonds. The Bertz CT molecular complexity index is 1020. The van der Waals surface area contributed by atoms with E-state index in [9.17, 15) is 13.2 Å². The van der Waals surface area contributed by atoms with Crippen LogP contribution in [0.15, 0.2) is 35.5 Å². The Morgan fingerprint density at radius 1 is 1.16 bits per heavy atom. The van der Waals surface area contributed by atoms with Gasteiger partial charge in [0.1, 0.15) is 5.82 Å². The van der Waals surface area contributed by atoms with Gasteiger partial charge in [-0.2, -0.15) is 0 Å². The molecule has 2 aliphatic rings. The zero-order chi connectivity index (χ0) is 22.6. The molecule has 174 valence electrons. The summed E-state index contributed by atoms with van der Waals surface area (Å²) in [5, 5.41) is 5.36. The molecule has 1 aromatic heterocycles.